The SMILES string of the molecule is Cc1ccc(-c2nn(-c3ccccc3)cc2/C=N\Nc2nc3ccccc3n2C)o1. The van der Waals surface area contributed by atoms with Crippen molar-refractivity contribution >= 4 is 23.2 Å². The van der Waals surface area contributed by atoms with E-state index in [2.05, 4.69) is 15.5 Å². The number of para-hydroxylation sites is 3. The van der Waals surface area contributed by atoms with Crippen molar-refractivity contribution in [2.45, 2.75) is 6.92 Å². The number of hydrogen-bond acceptors (Lipinski definition) is 5. The van der Waals surface area contributed by atoms with Gasteiger partial charge in [-0.25, -0.2) is 15.1 Å². The standard InChI is InChI=1S/C23H20N6O/c1-16-12-13-21(30-16)22-17(15-29(27-22)18-8-4-3-5-9-18)14-24-26-23-25-19-10-6-7-11-20(19)28(23)2/h3-15H,1-2H3,(H,25,26)/b24-14-. The number of nitrogens with one attached hydrogen (secondary N) is 1. The van der Waals surface area contributed by atoms with Crippen molar-refractivity contribution in [2.75, 3.05) is 5.43 Å². The summed E-state index contributed by atoms with van der Waals surface area (Å²) in [4.78, 5) is 4.58. The Kier molecular flexibility index (Phi) is 4.40. The van der Waals surface area contributed by atoms with Crippen molar-refractivity contribution in [1.29, 1.82) is 0 Å². The Morgan fingerprint density at radius 3 is 2.57 bits per heavy atom. The minimum atomic E-state index is 0.665. The Bertz CT molecular complexity index is 1340. The number of benzene rings is 2. The molecule has 0 saturated carbocycles. The molecule has 0 atom stereocenters. The predicted molar refractivity (Wildman–Crippen MR) is 118 cm³/mol. The molecule has 5 aromatic rings. The molecule has 0 aliphatic carbocycles. The van der Waals surface area contributed by atoms with Crippen LogP contribution in [-0.2, 0) is 7.05 Å². The minimum absolute atomic E-state index is 0.665. The molecule has 5 rings (SSSR count). The lowest BCUT2D eigenvalue weighted by atomic mass is 10.2. The van der Waals surface area contributed by atoms with Crippen LogP contribution in [0.3, 0.4) is 0 Å². The normalized spacial score (nSPS) is 11.5. The van der Waals surface area contributed by atoms with Crippen molar-refractivity contribution < 1.29 is 4.42 Å². The molecule has 3 heterocycles. The average Bonchev–Trinajstić information content (AvgIpc) is 3.47. The number of imidazole rings is 1. The topological polar surface area (TPSA) is 73.2 Å². The average molecular weight is 396 g/mol. The first-order chi connectivity index (χ1) is 14.7. The lowest BCUT2D eigenvalue weighted by Gasteiger charge is -2.00. The fraction of sp³-hybridized carbons (Fsp3) is 0.0870. The second-order valence-corrected chi connectivity index (χ2v) is 6.98. The second kappa shape index (κ2) is 7.36. The highest BCUT2D eigenvalue weighted by Gasteiger charge is 2.14. The number of rotatable bonds is 5. The van der Waals surface area contributed by atoms with Crippen LogP contribution in [0.15, 0.2) is 82.4 Å². The number of hydrazone groups is 1. The lowest BCUT2D eigenvalue weighted by Crippen LogP contribution is -1.98. The quantitative estimate of drug-likeness (QED) is 0.343. The van der Waals surface area contributed by atoms with Crippen LogP contribution in [0.5, 0.6) is 0 Å². The monoisotopic (exact) mass is 396 g/mol. The van der Waals surface area contributed by atoms with Crippen LogP contribution in [0.2, 0.25) is 0 Å². The summed E-state index contributed by atoms with van der Waals surface area (Å²) in [5.74, 6) is 2.20. The van der Waals surface area contributed by atoms with Gasteiger partial charge in [0.2, 0.25) is 5.95 Å². The largest absolute Gasteiger partial charge is 0.460 e. The number of aryl methyl sites for hydroxylation is 2. The van der Waals surface area contributed by atoms with Gasteiger partial charge in [-0.1, -0.05) is 30.3 Å². The summed E-state index contributed by atoms with van der Waals surface area (Å²) in [6.07, 6.45) is 3.67. The van der Waals surface area contributed by atoms with Crippen LogP contribution < -0.4 is 5.43 Å². The Morgan fingerprint density at radius 2 is 1.80 bits per heavy atom. The van der Waals surface area contributed by atoms with Gasteiger partial charge in [-0.05, 0) is 43.3 Å². The van der Waals surface area contributed by atoms with Gasteiger partial charge in [-0.3, -0.25) is 0 Å². The molecule has 0 bridgehead atoms. The van der Waals surface area contributed by atoms with E-state index >= 15 is 0 Å². The molecule has 0 saturated heterocycles. The van der Waals surface area contributed by atoms with E-state index in [-0.39, 0.29) is 0 Å². The van der Waals surface area contributed by atoms with Gasteiger partial charge in [-0.15, -0.1) is 0 Å². The first-order valence-electron chi connectivity index (χ1n) is 9.61. The number of fused-ring (bicyclic) bond motifs is 1. The van der Waals surface area contributed by atoms with Crippen LogP contribution in [0.1, 0.15) is 11.3 Å². The van der Waals surface area contributed by atoms with E-state index in [0.717, 1.165) is 33.7 Å². The van der Waals surface area contributed by atoms with Crippen LogP contribution >= 0.6 is 0 Å². The molecule has 3 aromatic heterocycles. The molecule has 7 heteroatoms. The molecule has 0 amide bonds. The smallest absolute Gasteiger partial charge is 0.224 e. The zero-order chi connectivity index (χ0) is 20.5. The predicted octanol–water partition coefficient (Wildman–Crippen LogP) is 4.77. The maximum absolute atomic E-state index is 5.81. The maximum Gasteiger partial charge on any atom is 0.224 e. The van der Waals surface area contributed by atoms with Gasteiger partial charge in [0.05, 0.1) is 22.9 Å². The summed E-state index contributed by atoms with van der Waals surface area (Å²) in [7, 11) is 1.96. The molecule has 0 fully saturated rings. The van der Waals surface area contributed by atoms with E-state index in [4.69, 9.17) is 9.52 Å². The zero-order valence-corrected chi connectivity index (χ0v) is 16.6. The molecule has 0 aliphatic heterocycles. The van der Waals surface area contributed by atoms with Crippen LogP contribution in [0.4, 0.5) is 5.95 Å². The van der Waals surface area contributed by atoms with Crippen LogP contribution in [0.25, 0.3) is 28.2 Å². The molecule has 2 aromatic carbocycles. The molecular weight excluding hydrogens is 376 g/mol. The van der Waals surface area contributed by atoms with Crippen molar-refractivity contribution in [2.24, 2.45) is 12.1 Å². The maximum atomic E-state index is 5.81. The van der Waals surface area contributed by atoms with Crippen molar-refractivity contribution in [1.82, 2.24) is 19.3 Å². The highest BCUT2D eigenvalue weighted by atomic mass is 16.3. The highest BCUT2D eigenvalue weighted by molar-refractivity contribution is 5.88. The molecule has 148 valence electrons. The lowest BCUT2D eigenvalue weighted by molar-refractivity contribution is 0.545. The molecule has 1 N–H and O–H groups in total. The molecule has 0 unspecified atom stereocenters. The number of hydrogen-bond donors (Lipinski definition) is 1. The summed E-state index contributed by atoms with van der Waals surface area (Å²) in [5.41, 5.74) is 7.52. The van der Waals surface area contributed by atoms with Crippen LogP contribution in [0, 0.1) is 6.92 Å². The fourth-order valence-corrected chi connectivity index (χ4v) is 3.35. The highest BCUT2D eigenvalue weighted by Crippen LogP contribution is 2.25. The number of furan rings is 1. The van der Waals surface area contributed by atoms with Gasteiger partial charge in [-0.2, -0.15) is 10.2 Å². The van der Waals surface area contributed by atoms with E-state index in [1.165, 1.54) is 0 Å². The summed E-state index contributed by atoms with van der Waals surface area (Å²) < 4.78 is 9.60. The molecule has 0 spiro atoms. The number of aromatic nitrogens is 4. The molecular formula is C23H20N6O. The summed E-state index contributed by atoms with van der Waals surface area (Å²) >= 11 is 0. The Balaban J connectivity index is 1.49. The first kappa shape index (κ1) is 17.9. The Labute approximate surface area is 173 Å². The first-order valence-corrected chi connectivity index (χ1v) is 9.61. The Hall–Kier alpha value is -4.13. The minimum Gasteiger partial charge on any atom is -0.460 e. The number of nitrogens with zero attached hydrogens (tertiary/aromatic N) is 5. The van der Waals surface area contributed by atoms with Gasteiger partial charge < -0.3 is 8.98 Å². The summed E-state index contributed by atoms with van der Waals surface area (Å²) in [5, 5.41) is 9.14. The summed E-state index contributed by atoms with van der Waals surface area (Å²) in [6.45, 7) is 1.92. The molecule has 0 aliphatic rings. The van der Waals surface area contributed by atoms with Gasteiger partial charge in [0.1, 0.15) is 11.5 Å². The molecule has 7 nitrogen and oxygen atoms in total. The van der Waals surface area contributed by atoms with E-state index in [0.29, 0.717) is 11.7 Å². The van der Waals surface area contributed by atoms with E-state index in [1.54, 1.807) is 6.21 Å². The number of anilines is 1. The third-order valence-corrected chi connectivity index (χ3v) is 4.89. The van der Waals surface area contributed by atoms with Crippen LogP contribution in [-0.4, -0.2) is 25.5 Å². The second-order valence-electron chi connectivity index (χ2n) is 6.98. The van der Waals surface area contributed by atoms with Crippen molar-refractivity contribution in [3.63, 3.8) is 0 Å². The summed E-state index contributed by atoms with van der Waals surface area (Å²) in [6, 6.07) is 21.8. The van der Waals surface area contributed by atoms with E-state index < -0.39 is 0 Å². The fourth-order valence-electron chi connectivity index (χ4n) is 3.35. The van der Waals surface area contributed by atoms with E-state index in [9.17, 15) is 0 Å². The molecule has 30 heavy (non-hydrogen) atoms. The van der Waals surface area contributed by atoms with Crippen molar-refractivity contribution in [3.05, 3.63) is 84.3 Å². The third kappa shape index (κ3) is 3.26. The third-order valence-electron chi connectivity index (χ3n) is 4.89. The van der Waals surface area contributed by atoms with Gasteiger partial charge in [0.25, 0.3) is 0 Å². The van der Waals surface area contributed by atoms with E-state index in [1.807, 2.05) is 96.1 Å². The van der Waals surface area contributed by atoms with Crippen molar-refractivity contribution in [3.8, 4) is 17.1 Å². The Morgan fingerprint density at radius 1 is 1.00 bits per heavy atom. The van der Waals surface area contributed by atoms with Gasteiger partial charge in [0, 0.05) is 18.8 Å². The van der Waals surface area contributed by atoms with Gasteiger partial charge in [0.15, 0.2) is 5.76 Å². The zero-order valence-electron chi connectivity index (χ0n) is 16.6. The molecule has 0 radical (unpaired) electrons. The van der Waals surface area contributed by atoms with Gasteiger partial charge >= 0.3 is 0 Å².